The Balaban J connectivity index is 1.72. The number of ether oxygens (including phenoxy) is 1. The van der Waals surface area contributed by atoms with E-state index in [0.717, 1.165) is 54.4 Å². The Kier molecular flexibility index (Phi) is 9.54. The molecule has 34 heavy (non-hydrogen) atoms. The lowest BCUT2D eigenvalue weighted by atomic mass is 10.1. The average molecular weight is 480 g/mol. The summed E-state index contributed by atoms with van der Waals surface area (Å²) in [6.45, 7) is 6.71. The van der Waals surface area contributed by atoms with Crippen molar-refractivity contribution in [1.82, 2.24) is 0 Å². The van der Waals surface area contributed by atoms with Crippen molar-refractivity contribution >= 4 is 11.4 Å². The first-order valence-electron chi connectivity index (χ1n) is 12.0. The second-order valence-electron chi connectivity index (χ2n) is 10.5. The maximum absolute atomic E-state index is 12.0. The smallest absolute Gasteiger partial charge is 0.290 e. The van der Waals surface area contributed by atoms with Gasteiger partial charge in [-0.1, -0.05) is 0 Å². The molecule has 2 aromatic carbocycles. The number of nitrogens with two attached hydrogens (primary N) is 1. The number of nitrogens with one attached hydrogen (secondary N) is 1. The van der Waals surface area contributed by atoms with Crippen molar-refractivity contribution in [2.45, 2.75) is 26.2 Å². The summed E-state index contributed by atoms with van der Waals surface area (Å²) in [5, 5.41) is 16.7. The molecule has 3 N–H and O–H groups in total. The Morgan fingerprint density at radius 2 is 1.62 bits per heavy atom. The van der Waals surface area contributed by atoms with Gasteiger partial charge in [0.15, 0.2) is 5.69 Å². The lowest BCUT2D eigenvalue weighted by molar-refractivity contribution is -0.890. The molecule has 2 aromatic rings. The minimum Gasteiger partial charge on any atom is -0.867 e. The van der Waals surface area contributed by atoms with Crippen molar-refractivity contribution in [2.75, 3.05) is 86.4 Å². The van der Waals surface area contributed by atoms with Gasteiger partial charge in [-0.05, 0) is 12.7 Å². The van der Waals surface area contributed by atoms with Crippen molar-refractivity contribution in [3.8, 4) is 11.5 Å². The molecule has 0 spiro atoms. The van der Waals surface area contributed by atoms with E-state index in [2.05, 4.69) is 45.5 Å². The molecule has 190 valence electrons. The molecule has 2 rings (SSSR count). The monoisotopic (exact) mass is 479 g/mol. The fourth-order valence-electron chi connectivity index (χ4n) is 3.89. The van der Waals surface area contributed by atoms with Crippen LogP contribution in [0.3, 0.4) is 0 Å². The van der Waals surface area contributed by atoms with Gasteiger partial charge in [0.25, 0.3) is 10.9 Å². The van der Waals surface area contributed by atoms with Gasteiger partial charge in [0, 0.05) is 32.4 Å². The molecule has 0 fully saturated rings. The number of hydrogen-bond acceptors (Lipinski definition) is 7. The standard InChI is InChI=1S/C24H39N5O5/c1-7-34-24-19(22(32)23(24)33)27-13-10-16-29(5,6)15-9-12-26-18-17(20(30)21(18)31)25-11-8-14-28(2,3)4/h7-16H2,1-6H3,(H-2,25,26,27,30,31,32,33)/p+2. The lowest BCUT2D eigenvalue weighted by Gasteiger charge is -2.29. The molecular formula is C24H41N5O5+2. The Bertz CT molecular complexity index is 1100. The van der Waals surface area contributed by atoms with E-state index in [1.165, 1.54) is 0 Å². The van der Waals surface area contributed by atoms with E-state index in [0.29, 0.717) is 31.1 Å². The SMILES string of the molecule is CCOc1c([O-])c(=O)c1=NCCC[N+](C)(C)CCCNc1c([NH2+]CCC[N+](C)(C)C)c(=O)c1=O. The number of quaternary nitrogens is 3. The first-order valence-corrected chi connectivity index (χ1v) is 12.0. The summed E-state index contributed by atoms with van der Waals surface area (Å²) < 4.78 is 6.82. The first-order chi connectivity index (χ1) is 15.9. The number of rotatable bonds is 16. The van der Waals surface area contributed by atoms with Crippen molar-refractivity contribution < 1.29 is 24.1 Å². The summed E-state index contributed by atoms with van der Waals surface area (Å²) in [5.74, 6) is -0.494. The second-order valence-corrected chi connectivity index (χ2v) is 10.5. The third-order valence-electron chi connectivity index (χ3n) is 5.89. The van der Waals surface area contributed by atoms with Gasteiger partial charge in [-0.3, -0.25) is 19.4 Å². The summed E-state index contributed by atoms with van der Waals surface area (Å²) in [4.78, 5) is 39.8. The maximum Gasteiger partial charge on any atom is 0.290 e. The molecule has 10 heteroatoms. The van der Waals surface area contributed by atoms with E-state index >= 15 is 0 Å². The molecule has 10 nitrogen and oxygen atoms in total. The van der Waals surface area contributed by atoms with E-state index in [4.69, 9.17) is 4.74 Å². The van der Waals surface area contributed by atoms with Gasteiger partial charge in [0.1, 0.15) is 11.1 Å². The van der Waals surface area contributed by atoms with Crippen molar-refractivity contribution in [1.29, 1.82) is 0 Å². The predicted octanol–water partition coefficient (Wildman–Crippen LogP) is -1.85. The quantitative estimate of drug-likeness (QED) is 0.166. The zero-order valence-electron chi connectivity index (χ0n) is 21.5. The van der Waals surface area contributed by atoms with Gasteiger partial charge in [0.2, 0.25) is 11.1 Å². The van der Waals surface area contributed by atoms with Crippen LogP contribution in [0.1, 0.15) is 26.2 Å². The first kappa shape index (κ1) is 27.7. The van der Waals surface area contributed by atoms with Crippen LogP contribution in [0.15, 0.2) is 19.4 Å². The largest absolute Gasteiger partial charge is 0.867 e. The van der Waals surface area contributed by atoms with Gasteiger partial charge in [0.05, 0.1) is 68.0 Å². The Morgan fingerprint density at radius 3 is 2.26 bits per heavy atom. The minimum absolute atomic E-state index is 0.0932. The van der Waals surface area contributed by atoms with Crippen molar-refractivity contribution in [3.63, 3.8) is 0 Å². The van der Waals surface area contributed by atoms with E-state index < -0.39 is 16.6 Å². The summed E-state index contributed by atoms with van der Waals surface area (Å²) in [6, 6.07) is 0. The van der Waals surface area contributed by atoms with Gasteiger partial charge in [-0.2, -0.15) is 0 Å². The summed E-state index contributed by atoms with van der Waals surface area (Å²) in [6.07, 6.45) is 2.58. The summed E-state index contributed by atoms with van der Waals surface area (Å²) in [5.41, 5.74) is -0.379. The Morgan fingerprint density at radius 1 is 0.941 bits per heavy atom. The van der Waals surface area contributed by atoms with Crippen LogP contribution in [0.4, 0.5) is 11.4 Å². The van der Waals surface area contributed by atoms with E-state index in [1.807, 2.05) is 5.32 Å². The van der Waals surface area contributed by atoms with Gasteiger partial charge in [-0.15, -0.1) is 0 Å². The van der Waals surface area contributed by atoms with Crippen LogP contribution in [-0.2, 0) is 0 Å². The highest BCUT2D eigenvalue weighted by molar-refractivity contribution is 5.66. The molecule has 0 heterocycles. The van der Waals surface area contributed by atoms with Crippen LogP contribution in [0, 0.1) is 0 Å². The number of nitrogens with zero attached hydrogens (tertiary/aromatic N) is 3. The summed E-state index contributed by atoms with van der Waals surface area (Å²) in [7, 11) is 10.6. The van der Waals surface area contributed by atoms with Gasteiger partial charge >= 0.3 is 0 Å². The van der Waals surface area contributed by atoms with Gasteiger partial charge < -0.3 is 29.4 Å². The molecule has 0 aliphatic rings. The molecule has 0 bridgehead atoms. The Hall–Kier alpha value is -2.56. The van der Waals surface area contributed by atoms with Crippen LogP contribution >= 0.6 is 0 Å². The molecule has 0 saturated heterocycles. The van der Waals surface area contributed by atoms with Crippen LogP contribution in [0.5, 0.6) is 11.5 Å². The van der Waals surface area contributed by atoms with Gasteiger partial charge in [-0.25, -0.2) is 0 Å². The van der Waals surface area contributed by atoms with Crippen LogP contribution in [-0.4, -0.2) is 90.1 Å². The molecule has 0 aromatic heterocycles. The fourth-order valence-corrected chi connectivity index (χ4v) is 3.89. The fraction of sp³-hybridized carbons (Fsp3) is 0.667. The summed E-state index contributed by atoms with van der Waals surface area (Å²) >= 11 is 0. The lowest BCUT2D eigenvalue weighted by Crippen LogP contribution is -2.82. The Labute approximate surface area is 201 Å². The molecule has 0 amide bonds. The van der Waals surface area contributed by atoms with E-state index in [9.17, 15) is 19.5 Å². The third kappa shape index (κ3) is 7.48. The predicted molar refractivity (Wildman–Crippen MR) is 131 cm³/mol. The van der Waals surface area contributed by atoms with Crippen LogP contribution in [0.25, 0.3) is 0 Å². The number of anilines is 1. The molecule has 0 unspecified atom stereocenters. The van der Waals surface area contributed by atoms with Crippen molar-refractivity contribution in [2.24, 2.45) is 4.99 Å². The molecule has 0 radical (unpaired) electrons. The highest BCUT2D eigenvalue weighted by Gasteiger charge is 2.25. The molecule has 0 aliphatic carbocycles. The van der Waals surface area contributed by atoms with Crippen molar-refractivity contribution in [3.05, 3.63) is 36.0 Å². The molecule has 0 saturated carbocycles. The molecular weight excluding hydrogens is 438 g/mol. The van der Waals surface area contributed by atoms with E-state index in [1.54, 1.807) is 6.92 Å². The van der Waals surface area contributed by atoms with Crippen LogP contribution in [0.2, 0.25) is 0 Å². The zero-order chi connectivity index (χ0) is 25.5. The highest BCUT2D eigenvalue weighted by Crippen LogP contribution is 2.14. The molecule has 0 atom stereocenters. The third-order valence-corrected chi connectivity index (χ3v) is 5.89. The topological polar surface area (TPSA) is 124 Å². The second kappa shape index (κ2) is 11.7. The highest BCUT2D eigenvalue weighted by atomic mass is 16.5. The number of hydrogen-bond donors (Lipinski definition) is 2. The zero-order valence-corrected chi connectivity index (χ0v) is 21.5. The van der Waals surface area contributed by atoms with E-state index in [-0.39, 0.29) is 16.5 Å². The molecule has 0 aliphatic heterocycles. The average Bonchev–Trinajstić information content (AvgIpc) is 2.77. The maximum atomic E-state index is 12.0. The normalized spacial score (nSPS) is 13.2. The minimum atomic E-state index is -0.587. The van der Waals surface area contributed by atoms with Crippen LogP contribution < -0.4 is 42.1 Å².